The molecule has 0 heterocycles. The van der Waals surface area contributed by atoms with Gasteiger partial charge in [0.25, 0.3) is 0 Å². The monoisotopic (exact) mass is 307 g/mol. The lowest BCUT2D eigenvalue weighted by atomic mass is 9.98. The van der Waals surface area contributed by atoms with Crippen LogP contribution in [0.3, 0.4) is 0 Å². The molecule has 0 atom stereocenters. The van der Waals surface area contributed by atoms with Gasteiger partial charge in [0.2, 0.25) is 0 Å². The van der Waals surface area contributed by atoms with Crippen molar-refractivity contribution in [2.24, 2.45) is 0 Å². The lowest BCUT2D eigenvalue weighted by molar-refractivity contribution is 1.14. The van der Waals surface area contributed by atoms with Crippen molar-refractivity contribution in [3.05, 3.63) is 57.7 Å². The number of hydrogen-bond acceptors (Lipinski definition) is 0. The molecule has 0 unspecified atom stereocenters. The van der Waals surface area contributed by atoms with Crippen molar-refractivity contribution in [2.75, 3.05) is 0 Å². The number of hydrogen-bond donors (Lipinski definition) is 0. The molecule has 0 amide bonds. The normalized spacial score (nSPS) is 10.3. The van der Waals surface area contributed by atoms with Gasteiger partial charge < -0.3 is 0 Å². The van der Waals surface area contributed by atoms with Gasteiger partial charge in [0.05, 0.1) is 0 Å². The van der Waals surface area contributed by atoms with Gasteiger partial charge in [-0.1, -0.05) is 37.3 Å². The molecule has 75 valence electrons. The maximum Gasteiger partial charge on any atom is 0.0209 e. The molecule has 0 aliphatic carbocycles. The van der Waals surface area contributed by atoms with Crippen molar-refractivity contribution >= 4 is 22.6 Å². The molecule has 0 saturated carbocycles. The molecule has 0 spiro atoms. The minimum Gasteiger partial charge on any atom is -0.0620 e. The fourth-order valence-corrected chi connectivity index (χ4v) is 2.02. The summed E-state index contributed by atoms with van der Waals surface area (Å²) in [5, 5.41) is 0. The summed E-state index contributed by atoms with van der Waals surface area (Å²) in [6.07, 6.45) is 1.07. The second-order valence-corrected chi connectivity index (χ2v) is 4.60. The lowest BCUT2D eigenvalue weighted by Gasteiger charge is -2.07. The fraction of sp³-hybridized carbons (Fsp3) is 0.143. The van der Waals surface area contributed by atoms with Gasteiger partial charge in [-0.2, -0.15) is 0 Å². The third-order valence-corrected chi connectivity index (χ3v) is 3.16. The van der Waals surface area contributed by atoms with E-state index < -0.39 is 0 Å². The van der Waals surface area contributed by atoms with Crippen molar-refractivity contribution in [1.29, 1.82) is 0 Å². The van der Waals surface area contributed by atoms with Gasteiger partial charge in [-0.15, -0.1) is 0 Å². The van der Waals surface area contributed by atoms with E-state index in [1.54, 1.807) is 0 Å². The number of rotatable bonds is 2. The molecule has 1 radical (unpaired) electrons. The van der Waals surface area contributed by atoms with Crippen LogP contribution in [0.1, 0.15) is 12.5 Å². The van der Waals surface area contributed by atoms with E-state index in [9.17, 15) is 0 Å². The van der Waals surface area contributed by atoms with Gasteiger partial charge in [-0.25, -0.2) is 0 Å². The summed E-state index contributed by atoms with van der Waals surface area (Å²) in [5.41, 5.74) is 3.98. The molecule has 1 heteroatoms. The third kappa shape index (κ3) is 2.40. The van der Waals surface area contributed by atoms with Crippen molar-refractivity contribution < 1.29 is 0 Å². The third-order valence-electron chi connectivity index (χ3n) is 2.48. The Morgan fingerprint density at radius 1 is 1.13 bits per heavy atom. The van der Waals surface area contributed by atoms with Gasteiger partial charge in [-0.05, 0) is 63.9 Å². The van der Waals surface area contributed by atoms with Crippen LogP contribution in [-0.2, 0) is 6.42 Å². The van der Waals surface area contributed by atoms with Crippen LogP contribution < -0.4 is 0 Å². The van der Waals surface area contributed by atoms with E-state index in [-0.39, 0.29) is 0 Å². The van der Waals surface area contributed by atoms with Crippen LogP contribution in [-0.4, -0.2) is 0 Å². The minimum atomic E-state index is 1.07. The van der Waals surface area contributed by atoms with Crippen LogP contribution in [0.25, 0.3) is 11.1 Å². The highest BCUT2D eigenvalue weighted by Gasteiger charge is 2.01. The summed E-state index contributed by atoms with van der Waals surface area (Å²) in [6, 6.07) is 18.1. The Bertz CT molecular complexity index is 443. The second-order valence-electron chi connectivity index (χ2n) is 3.44. The van der Waals surface area contributed by atoms with Crippen molar-refractivity contribution in [3.63, 3.8) is 0 Å². The maximum absolute atomic E-state index is 3.24. The summed E-state index contributed by atoms with van der Waals surface area (Å²) in [4.78, 5) is 0. The summed E-state index contributed by atoms with van der Waals surface area (Å²) in [6.45, 7) is 2.19. The van der Waals surface area contributed by atoms with Gasteiger partial charge in [0.1, 0.15) is 0 Å². The molecule has 2 rings (SSSR count). The van der Waals surface area contributed by atoms with Crippen LogP contribution in [0, 0.1) is 9.64 Å². The zero-order valence-electron chi connectivity index (χ0n) is 8.63. The largest absolute Gasteiger partial charge is 0.0620 e. The SMILES string of the molecule is CCc1ccccc1-c1c[c]c(I)cc1. The molecule has 0 nitrogen and oxygen atoms in total. The quantitative estimate of drug-likeness (QED) is 0.725. The zero-order valence-corrected chi connectivity index (χ0v) is 10.8. The lowest BCUT2D eigenvalue weighted by Crippen LogP contribution is -1.86. The summed E-state index contributed by atoms with van der Waals surface area (Å²) < 4.78 is 1.16. The number of benzene rings is 2. The highest BCUT2D eigenvalue weighted by atomic mass is 127. The van der Waals surface area contributed by atoms with Gasteiger partial charge >= 0.3 is 0 Å². The Morgan fingerprint density at radius 2 is 1.93 bits per heavy atom. The molecule has 0 aliphatic heterocycles. The van der Waals surface area contributed by atoms with Crippen LogP contribution in [0.15, 0.2) is 42.5 Å². The highest BCUT2D eigenvalue weighted by Crippen LogP contribution is 2.24. The van der Waals surface area contributed by atoms with Gasteiger partial charge in [0.15, 0.2) is 0 Å². The molecule has 0 aromatic heterocycles. The molecule has 0 aliphatic rings. The first-order chi connectivity index (χ1) is 7.31. The topological polar surface area (TPSA) is 0 Å². The average Bonchev–Trinajstić information content (AvgIpc) is 2.30. The minimum absolute atomic E-state index is 1.07. The molecular weight excluding hydrogens is 295 g/mol. The Morgan fingerprint density at radius 3 is 2.60 bits per heavy atom. The first kappa shape index (κ1) is 10.7. The van der Waals surface area contributed by atoms with Crippen LogP contribution in [0.2, 0.25) is 0 Å². The molecule has 0 fully saturated rings. The summed E-state index contributed by atoms with van der Waals surface area (Å²) >= 11 is 2.28. The van der Waals surface area contributed by atoms with Crippen molar-refractivity contribution in [2.45, 2.75) is 13.3 Å². The van der Waals surface area contributed by atoms with E-state index in [0.717, 1.165) is 9.99 Å². The van der Waals surface area contributed by atoms with E-state index in [1.165, 1.54) is 16.7 Å². The highest BCUT2D eigenvalue weighted by molar-refractivity contribution is 14.1. The molecule has 15 heavy (non-hydrogen) atoms. The fourth-order valence-electron chi connectivity index (χ4n) is 1.68. The van der Waals surface area contributed by atoms with Crippen molar-refractivity contribution in [1.82, 2.24) is 0 Å². The van der Waals surface area contributed by atoms with E-state index in [2.05, 4.69) is 78.0 Å². The van der Waals surface area contributed by atoms with Crippen LogP contribution in [0.5, 0.6) is 0 Å². The average molecular weight is 307 g/mol. The predicted molar refractivity (Wildman–Crippen MR) is 72.8 cm³/mol. The Hall–Kier alpha value is -0.830. The maximum atomic E-state index is 3.24. The van der Waals surface area contributed by atoms with Crippen molar-refractivity contribution in [3.8, 4) is 11.1 Å². The van der Waals surface area contributed by atoms with Crippen LogP contribution in [0.4, 0.5) is 0 Å². The Kier molecular flexibility index (Phi) is 3.41. The van der Waals surface area contributed by atoms with E-state index in [1.807, 2.05) is 0 Å². The molecule has 2 aromatic rings. The molecule has 0 N–H and O–H groups in total. The first-order valence-electron chi connectivity index (χ1n) is 5.07. The van der Waals surface area contributed by atoms with E-state index in [0.29, 0.717) is 0 Å². The zero-order chi connectivity index (χ0) is 10.7. The molecule has 0 bridgehead atoms. The van der Waals surface area contributed by atoms with E-state index in [4.69, 9.17) is 0 Å². The Labute approximate surface area is 104 Å². The molecule has 2 aromatic carbocycles. The van der Waals surface area contributed by atoms with Crippen LogP contribution >= 0.6 is 22.6 Å². The first-order valence-corrected chi connectivity index (χ1v) is 6.14. The second kappa shape index (κ2) is 4.79. The molecular formula is C14H12I. The van der Waals surface area contributed by atoms with Gasteiger partial charge in [0, 0.05) is 3.57 Å². The smallest absolute Gasteiger partial charge is 0.0209 e. The predicted octanol–water partition coefficient (Wildman–Crippen LogP) is 4.32. The summed E-state index contributed by atoms with van der Waals surface area (Å²) in [7, 11) is 0. The number of aryl methyl sites for hydroxylation is 1. The van der Waals surface area contributed by atoms with Gasteiger partial charge in [-0.3, -0.25) is 0 Å². The standard InChI is InChI=1S/C14H12I/c1-2-11-5-3-4-6-14(11)12-7-9-13(15)10-8-12/h3-9H,2H2,1H3. The number of halogens is 1. The van der Waals surface area contributed by atoms with E-state index >= 15 is 0 Å². The summed E-state index contributed by atoms with van der Waals surface area (Å²) in [5.74, 6) is 0. The molecule has 0 saturated heterocycles. The Balaban J connectivity index is 2.49.